The van der Waals surface area contributed by atoms with Gasteiger partial charge in [0.2, 0.25) is 0 Å². The topological polar surface area (TPSA) is 60.4 Å². The number of methoxy groups -OCH3 is 2. The molecule has 0 amide bonds. The lowest BCUT2D eigenvalue weighted by Crippen LogP contribution is -2.64. The van der Waals surface area contributed by atoms with Crippen LogP contribution in [-0.2, 0) is 14.9 Å². The van der Waals surface area contributed by atoms with Crippen LogP contribution in [0.1, 0.15) is 67.7 Å². The van der Waals surface area contributed by atoms with Gasteiger partial charge in [-0.05, 0) is 60.8 Å². The maximum Gasteiger partial charge on any atom is 0.341 e. The molecule has 1 aliphatic heterocycles. The molecule has 0 fully saturated rings. The minimum Gasteiger partial charge on any atom is -0.491 e. The number of benzene rings is 4. The molecule has 1 aliphatic rings. The molecule has 0 unspecified atom stereocenters. The van der Waals surface area contributed by atoms with E-state index < -0.39 is 17.5 Å². The minimum absolute atomic E-state index is 0.239. The summed E-state index contributed by atoms with van der Waals surface area (Å²) in [6.45, 7) is 7.27. The molecule has 0 saturated heterocycles. The second-order valence-electron chi connectivity index (χ2n) is 12.1. The monoisotopic (exact) mass is 623 g/mol. The second-order valence-corrected chi connectivity index (χ2v) is 12.1. The Balaban J connectivity index is 1.53. The summed E-state index contributed by atoms with van der Waals surface area (Å²) in [7, 11) is 3.28. The third-order valence-corrected chi connectivity index (χ3v) is 9.17. The smallest absolute Gasteiger partial charge is 0.341 e. The molecular formula is C40H49NO5. The molecule has 6 nitrogen and oxygen atoms in total. The van der Waals surface area contributed by atoms with Gasteiger partial charge in [0.05, 0.1) is 0 Å². The molecule has 0 aliphatic carbocycles. The van der Waals surface area contributed by atoms with Gasteiger partial charge in [-0.25, -0.2) is 0 Å². The quantitative estimate of drug-likeness (QED) is 0.129. The molecule has 0 saturated carbocycles. The Bertz CT molecular complexity index is 1430. The summed E-state index contributed by atoms with van der Waals surface area (Å²) in [5.74, 6) is -0.327. The van der Waals surface area contributed by atoms with E-state index in [1.54, 1.807) is 14.2 Å². The third-order valence-electron chi connectivity index (χ3n) is 9.17. The summed E-state index contributed by atoms with van der Waals surface area (Å²) < 4.78 is 25.6. The van der Waals surface area contributed by atoms with E-state index >= 15 is 0 Å². The van der Waals surface area contributed by atoms with E-state index in [4.69, 9.17) is 18.9 Å². The molecule has 1 heterocycles. The number of ether oxygens (including phenoxy) is 4. The molecule has 6 heteroatoms. The van der Waals surface area contributed by atoms with Gasteiger partial charge in [-0.1, -0.05) is 118 Å². The number of para-hydroxylation sites is 1. The SMILES string of the molecule is CCCCN(CCCC)C[C@H](O)COc1ccc([C@@H]2c3ccccc3OC(OC)(OC)C2(c2ccccc2)c2ccccc2)cc1. The largest absolute Gasteiger partial charge is 0.491 e. The zero-order valence-electron chi connectivity index (χ0n) is 27.7. The fourth-order valence-corrected chi connectivity index (χ4v) is 6.98. The van der Waals surface area contributed by atoms with Crippen LogP contribution in [-0.4, -0.2) is 62.5 Å². The Morgan fingerprint density at radius 1 is 0.739 bits per heavy atom. The zero-order valence-corrected chi connectivity index (χ0v) is 27.7. The summed E-state index contributed by atoms with van der Waals surface area (Å²) in [6, 6.07) is 37.0. The summed E-state index contributed by atoms with van der Waals surface area (Å²) >= 11 is 0. The number of hydrogen-bond donors (Lipinski definition) is 1. The molecular weight excluding hydrogens is 574 g/mol. The summed E-state index contributed by atoms with van der Waals surface area (Å²) in [5, 5.41) is 10.9. The first-order valence-corrected chi connectivity index (χ1v) is 16.6. The van der Waals surface area contributed by atoms with E-state index in [2.05, 4.69) is 61.2 Å². The van der Waals surface area contributed by atoms with Crippen molar-refractivity contribution < 1.29 is 24.1 Å². The lowest BCUT2D eigenvalue weighted by atomic mass is 9.58. The molecule has 5 rings (SSSR count). The molecule has 244 valence electrons. The van der Waals surface area contributed by atoms with Crippen molar-refractivity contribution in [1.82, 2.24) is 4.90 Å². The van der Waals surface area contributed by atoms with Gasteiger partial charge < -0.3 is 29.0 Å². The molecule has 1 N–H and O–H groups in total. The number of fused-ring (bicyclic) bond motifs is 1. The van der Waals surface area contributed by atoms with E-state index in [0.29, 0.717) is 18.0 Å². The normalized spacial score (nSPS) is 17.2. The van der Waals surface area contributed by atoms with Crippen LogP contribution in [0.3, 0.4) is 0 Å². The van der Waals surface area contributed by atoms with Crippen LogP contribution in [0.4, 0.5) is 0 Å². The Kier molecular flexibility index (Phi) is 11.5. The van der Waals surface area contributed by atoms with Crippen LogP contribution in [0, 0.1) is 0 Å². The van der Waals surface area contributed by atoms with E-state index in [1.807, 2.05) is 66.7 Å². The first-order valence-electron chi connectivity index (χ1n) is 16.6. The molecule has 0 bridgehead atoms. The van der Waals surface area contributed by atoms with Gasteiger partial charge in [0.1, 0.15) is 29.6 Å². The minimum atomic E-state index is -1.49. The van der Waals surface area contributed by atoms with Gasteiger partial charge in [-0.15, -0.1) is 0 Å². The van der Waals surface area contributed by atoms with Crippen molar-refractivity contribution in [1.29, 1.82) is 0 Å². The Morgan fingerprint density at radius 2 is 1.28 bits per heavy atom. The molecule has 0 radical (unpaired) electrons. The molecule has 4 aromatic carbocycles. The van der Waals surface area contributed by atoms with Crippen molar-refractivity contribution in [3.63, 3.8) is 0 Å². The summed E-state index contributed by atoms with van der Waals surface area (Å²) in [4.78, 5) is 2.36. The second kappa shape index (κ2) is 15.7. The highest BCUT2D eigenvalue weighted by Crippen LogP contribution is 2.60. The van der Waals surface area contributed by atoms with Crippen LogP contribution in [0.25, 0.3) is 0 Å². The highest BCUT2D eigenvalue weighted by atomic mass is 16.9. The molecule has 0 aromatic heterocycles. The van der Waals surface area contributed by atoms with E-state index in [-0.39, 0.29) is 12.5 Å². The van der Waals surface area contributed by atoms with Crippen molar-refractivity contribution in [3.8, 4) is 11.5 Å². The Morgan fingerprint density at radius 3 is 1.83 bits per heavy atom. The lowest BCUT2D eigenvalue weighted by molar-refractivity contribution is -0.360. The van der Waals surface area contributed by atoms with Gasteiger partial charge in [-0.3, -0.25) is 0 Å². The van der Waals surface area contributed by atoms with Crippen LogP contribution in [0.15, 0.2) is 109 Å². The average Bonchev–Trinajstić information content (AvgIpc) is 3.11. The molecule has 4 aromatic rings. The molecule has 46 heavy (non-hydrogen) atoms. The fourth-order valence-electron chi connectivity index (χ4n) is 6.98. The van der Waals surface area contributed by atoms with Crippen LogP contribution < -0.4 is 9.47 Å². The average molecular weight is 624 g/mol. The number of nitrogens with zero attached hydrogens (tertiary/aromatic N) is 1. The first kappa shape index (κ1) is 33.7. The lowest BCUT2D eigenvalue weighted by Gasteiger charge is -2.55. The van der Waals surface area contributed by atoms with Crippen molar-refractivity contribution in [3.05, 3.63) is 131 Å². The van der Waals surface area contributed by atoms with Crippen LogP contribution in [0.5, 0.6) is 11.5 Å². The standard InChI is InChI=1S/C40H49NO5/c1-5-7-27-41(28-8-6-2)29-34(42)30-45-35-25-23-31(24-26-35)38-36-21-15-16-22-37(36)46-40(43-3,44-4)39(38,32-17-11-9-12-18-32)33-19-13-10-14-20-33/h9-26,34,38,42H,5-8,27-30H2,1-4H3/t34-,38+/m0/s1. The van der Waals surface area contributed by atoms with E-state index in [9.17, 15) is 5.11 Å². The Hall–Kier alpha value is -3.68. The summed E-state index contributed by atoms with van der Waals surface area (Å²) in [5.41, 5.74) is 3.15. The van der Waals surface area contributed by atoms with Crippen molar-refractivity contribution >= 4 is 0 Å². The summed E-state index contributed by atoms with van der Waals surface area (Å²) in [6.07, 6.45) is 3.99. The highest BCUT2D eigenvalue weighted by molar-refractivity contribution is 5.58. The number of hydrogen-bond acceptors (Lipinski definition) is 6. The number of rotatable bonds is 16. The van der Waals surface area contributed by atoms with Crippen molar-refractivity contribution in [2.45, 2.75) is 62.9 Å². The van der Waals surface area contributed by atoms with Gasteiger partial charge in [0.15, 0.2) is 0 Å². The highest BCUT2D eigenvalue weighted by Gasteiger charge is 2.66. The maximum absolute atomic E-state index is 10.9. The predicted molar refractivity (Wildman–Crippen MR) is 184 cm³/mol. The number of aliphatic hydroxyl groups excluding tert-OH is 1. The van der Waals surface area contributed by atoms with Crippen molar-refractivity contribution in [2.24, 2.45) is 0 Å². The molecule has 0 spiro atoms. The predicted octanol–water partition coefficient (Wildman–Crippen LogP) is 7.79. The van der Waals surface area contributed by atoms with Crippen LogP contribution in [0.2, 0.25) is 0 Å². The maximum atomic E-state index is 10.9. The van der Waals surface area contributed by atoms with Gasteiger partial charge in [0.25, 0.3) is 0 Å². The van der Waals surface area contributed by atoms with E-state index in [0.717, 1.165) is 61.0 Å². The van der Waals surface area contributed by atoms with Crippen molar-refractivity contribution in [2.75, 3.05) is 40.5 Å². The first-order chi connectivity index (χ1) is 22.5. The van der Waals surface area contributed by atoms with Gasteiger partial charge in [0, 0.05) is 32.2 Å². The number of aliphatic hydroxyl groups is 1. The Labute approximate surface area is 274 Å². The third kappa shape index (κ3) is 6.72. The van der Waals surface area contributed by atoms with Crippen LogP contribution >= 0.6 is 0 Å². The fraction of sp³-hybridized carbons (Fsp3) is 0.400. The molecule has 2 atom stereocenters. The number of unbranched alkanes of at least 4 members (excludes halogenated alkanes) is 2. The zero-order chi connectivity index (χ0) is 32.4. The van der Waals surface area contributed by atoms with E-state index in [1.165, 1.54) is 0 Å². The van der Waals surface area contributed by atoms with Gasteiger partial charge >= 0.3 is 5.97 Å². The van der Waals surface area contributed by atoms with Gasteiger partial charge in [-0.2, -0.15) is 0 Å².